The predicted octanol–water partition coefficient (Wildman–Crippen LogP) is 2.93. The maximum Gasteiger partial charge on any atom is 0.256 e. The van der Waals surface area contributed by atoms with Gasteiger partial charge >= 0.3 is 0 Å². The van der Waals surface area contributed by atoms with Gasteiger partial charge in [-0.1, -0.05) is 24.3 Å². The predicted molar refractivity (Wildman–Crippen MR) is 83.8 cm³/mol. The van der Waals surface area contributed by atoms with E-state index in [1.807, 2.05) is 54.6 Å². The van der Waals surface area contributed by atoms with Gasteiger partial charge in [-0.05, 0) is 29.8 Å². The zero-order chi connectivity index (χ0) is 15.1. The lowest BCUT2D eigenvalue weighted by molar-refractivity contribution is -0.110. The van der Waals surface area contributed by atoms with Crippen molar-refractivity contribution in [3.05, 3.63) is 59.3 Å². The fourth-order valence-corrected chi connectivity index (χ4v) is 2.66. The zero-order valence-corrected chi connectivity index (χ0v) is 11.4. The van der Waals surface area contributed by atoms with E-state index in [9.17, 15) is 4.79 Å². The average molecular weight is 286 g/mol. The van der Waals surface area contributed by atoms with Gasteiger partial charge in [0, 0.05) is 22.2 Å². The van der Waals surface area contributed by atoms with Crippen molar-refractivity contribution >= 4 is 34.1 Å². The van der Waals surface area contributed by atoms with Crippen LogP contribution in [0, 0.1) is 11.3 Å². The van der Waals surface area contributed by atoms with Gasteiger partial charge in [0.15, 0.2) is 5.69 Å². The molecule has 104 valence electrons. The summed E-state index contributed by atoms with van der Waals surface area (Å²) in [6.07, 6.45) is 1.84. The van der Waals surface area contributed by atoms with E-state index < -0.39 is 0 Å². The minimum Gasteiger partial charge on any atom is -0.321 e. The van der Waals surface area contributed by atoms with Crippen molar-refractivity contribution in [2.45, 2.75) is 0 Å². The SMILES string of the molecule is N#Cc1n[nH]c2cc(/C=C3/C(=O)Nc4ccccc43)ccc12. The van der Waals surface area contributed by atoms with Crippen LogP contribution in [0.5, 0.6) is 0 Å². The van der Waals surface area contributed by atoms with Gasteiger partial charge in [0.1, 0.15) is 6.07 Å². The molecule has 1 aliphatic rings. The molecule has 0 aliphatic carbocycles. The van der Waals surface area contributed by atoms with E-state index in [1.165, 1.54) is 0 Å². The molecule has 1 aliphatic heterocycles. The van der Waals surface area contributed by atoms with E-state index in [0.29, 0.717) is 11.3 Å². The van der Waals surface area contributed by atoms with Crippen LogP contribution in [0.15, 0.2) is 42.5 Å². The van der Waals surface area contributed by atoms with Crippen LogP contribution in [-0.4, -0.2) is 16.1 Å². The molecule has 5 nitrogen and oxygen atoms in total. The highest BCUT2D eigenvalue weighted by atomic mass is 16.2. The number of aromatic nitrogens is 2. The molecule has 0 fully saturated rings. The number of rotatable bonds is 1. The molecule has 4 rings (SSSR count). The Bertz CT molecular complexity index is 991. The lowest BCUT2D eigenvalue weighted by atomic mass is 10.0. The molecule has 2 heterocycles. The largest absolute Gasteiger partial charge is 0.321 e. The molecule has 0 atom stereocenters. The highest BCUT2D eigenvalue weighted by molar-refractivity contribution is 6.34. The normalized spacial score (nSPS) is 14.9. The number of aromatic amines is 1. The molecule has 0 radical (unpaired) electrons. The van der Waals surface area contributed by atoms with Gasteiger partial charge in [-0.15, -0.1) is 0 Å². The summed E-state index contributed by atoms with van der Waals surface area (Å²) in [5.74, 6) is -0.108. The van der Waals surface area contributed by atoms with Crippen molar-refractivity contribution in [2.75, 3.05) is 5.32 Å². The number of fused-ring (bicyclic) bond motifs is 2. The molecule has 2 N–H and O–H groups in total. The average Bonchev–Trinajstić information content (AvgIpc) is 3.08. The van der Waals surface area contributed by atoms with Crippen molar-refractivity contribution in [3.8, 4) is 6.07 Å². The van der Waals surface area contributed by atoms with Crippen LogP contribution in [0.1, 0.15) is 16.8 Å². The first-order chi connectivity index (χ1) is 10.8. The maximum atomic E-state index is 12.1. The lowest BCUT2D eigenvalue weighted by Gasteiger charge is -1.99. The first-order valence-electron chi connectivity index (χ1n) is 6.77. The smallest absolute Gasteiger partial charge is 0.256 e. The highest BCUT2D eigenvalue weighted by Crippen LogP contribution is 2.33. The van der Waals surface area contributed by atoms with Gasteiger partial charge in [0.05, 0.1) is 5.52 Å². The van der Waals surface area contributed by atoms with E-state index in [-0.39, 0.29) is 5.91 Å². The summed E-state index contributed by atoms with van der Waals surface area (Å²) in [5, 5.41) is 19.4. The Morgan fingerprint density at radius 1 is 1.18 bits per heavy atom. The number of nitrogens with zero attached hydrogens (tertiary/aromatic N) is 2. The fourth-order valence-electron chi connectivity index (χ4n) is 2.66. The van der Waals surface area contributed by atoms with Crippen LogP contribution in [0.4, 0.5) is 5.69 Å². The van der Waals surface area contributed by atoms with E-state index in [4.69, 9.17) is 5.26 Å². The Balaban J connectivity index is 1.83. The van der Waals surface area contributed by atoms with Crippen LogP contribution < -0.4 is 5.32 Å². The Morgan fingerprint density at radius 2 is 2.05 bits per heavy atom. The van der Waals surface area contributed by atoms with E-state index in [1.54, 1.807) is 0 Å². The number of nitriles is 1. The number of nitrogens with one attached hydrogen (secondary N) is 2. The molecule has 0 bridgehead atoms. The van der Waals surface area contributed by atoms with Crippen LogP contribution in [0.3, 0.4) is 0 Å². The van der Waals surface area contributed by atoms with Gasteiger partial charge in [-0.25, -0.2) is 0 Å². The number of para-hydroxylation sites is 1. The standard InChI is InChI=1S/C17H10N4O/c18-9-16-12-6-5-10(8-15(12)20-21-16)7-13-11-3-1-2-4-14(11)19-17(13)22/h1-8H,(H,19,22)(H,20,21)/b13-7+. The van der Waals surface area contributed by atoms with Crippen LogP contribution in [0.2, 0.25) is 0 Å². The quantitative estimate of drug-likeness (QED) is 0.675. The molecular formula is C17H10N4O. The summed E-state index contributed by atoms with van der Waals surface area (Å²) in [6, 6.07) is 15.2. The number of hydrogen-bond donors (Lipinski definition) is 2. The Hall–Kier alpha value is -3.39. The zero-order valence-electron chi connectivity index (χ0n) is 11.4. The molecule has 5 heteroatoms. The van der Waals surface area contributed by atoms with Crippen molar-refractivity contribution in [1.29, 1.82) is 5.26 Å². The maximum absolute atomic E-state index is 12.1. The number of benzene rings is 2. The Labute approximate surface area is 125 Å². The van der Waals surface area contributed by atoms with Crippen LogP contribution in [-0.2, 0) is 4.79 Å². The van der Waals surface area contributed by atoms with Crippen molar-refractivity contribution in [3.63, 3.8) is 0 Å². The topological polar surface area (TPSA) is 81.6 Å². The highest BCUT2D eigenvalue weighted by Gasteiger charge is 2.23. The molecule has 2 aromatic carbocycles. The molecule has 22 heavy (non-hydrogen) atoms. The third-order valence-electron chi connectivity index (χ3n) is 3.71. The number of anilines is 1. The van der Waals surface area contributed by atoms with Crippen LogP contribution >= 0.6 is 0 Å². The second-order valence-electron chi connectivity index (χ2n) is 5.05. The lowest BCUT2D eigenvalue weighted by Crippen LogP contribution is -2.03. The Kier molecular flexibility index (Phi) is 2.57. The third-order valence-corrected chi connectivity index (χ3v) is 3.71. The number of carbonyl (C=O) groups is 1. The monoisotopic (exact) mass is 286 g/mol. The van der Waals surface area contributed by atoms with Gasteiger partial charge < -0.3 is 5.32 Å². The minimum absolute atomic E-state index is 0.108. The van der Waals surface area contributed by atoms with Gasteiger partial charge in [-0.2, -0.15) is 10.4 Å². The van der Waals surface area contributed by atoms with E-state index in [0.717, 1.165) is 27.7 Å². The number of amides is 1. The van der Waals surface area contributed by atoms with E-state index >= 15 is 0 Å². The molecule has 0 saturated carbocycles. The van der Waals surface area contributed by atoms with Crippen LogP contribution in [0.25, 0.3) is 22.6 Å². The van der Waals surface area contributed by atoms with Gasteiger partial charge in [-0.3, -0.25) is 9.89 Å². The van der Waals surface area contributed by atoms with Crippen molar-refractivity contribution in [1.82, 2.24) is 10.2 Å². The number of hydrogen-bond acceptors (Lipinski definition) is 3. The summed E-state index contributed by atoms with van der Waals surface area (Å²) >= 11 is 0. The summed E-state index contributed by atoms with van der Waals surface area (Å²) in [6.45, 7) is 0. The van der Waals surface area contributed by atoms with Crippen molar-refractivity contribution in [2.24, 2.45) is 0 Å². The third kappa shape index (κ3) is 1.79. The second-order valence-corrected chi connectivity index (χ2v) is 5.05. The molecule has 1 amide bonds. The molecular weight excluding hydrogens is 276 g/mol. The second kappa shape index (κ2) is 4.57. The molecule has 1 aromatic heterocycles. The van der Waals surface area contributed by atoms with Gasteiger partial charge in [0.2, 0.25) is 0 Å². The summed E-state index contributed by atoms with van der Waals surface area (Å²) in [7, 11) is 0. The van der Waals surface area contributed by atoms with E-state index in [2.05, 4.69) is 15.5 Å². The first-order valence-corrected chi connectivity index (χ1v) is 6.77. The van der Waals surface area contributed by atoms with Gasteiger partial charge in [0.25, 0.3) is 5.91 Å². The molecule has 0 saturated heterocycles. The minimum atomic E-state index is -0.108. The molecule has 0 spiro atoms. The fraction of sp³-hybridized carbons (Fsp3) is 0. The first kappa shape index (κ1) is 12.4. The summed E-state index contributed by atoms with van der Waals surface area (Å²) in [4.78, 5) is 12.1. The Morgan fingerprint density at radius 3 is 2.91 bits per heavy atom. The molecule has 0 unspecified atom stereocenters. The molecule has 3 aromatic rings. The number of H-pyrrole nitrogens is 1. The number of carbonyl (C=O) groups excluding carboxylic acids is 1. The van der Waals surface area contributed by atoms with Crippen molar-refractivity contribution < 1.29 is 4.79 Å². The summed E-state index contributed by atoms with van der Waals surface area (Å²) in [5.41, 5.74) is 4.39. The summed E-state index contributed by atoms with van der Waals surface area (Å²) < 4.78 is 0.